The number of ether oxygens (including phenoxy) is 2. The van der Waals surface area contributed by atoms with Crippen LogP contribution in [0.5, 0.6) is 11.5 Å². The molecular weight excluding hydrogens is 384 g/mol. The van der Waals surface area contributed by atoms with Crippen LogP contribution in [0.3, 0.4) is 0 Å². The number of nitrogens with zero attached hydrogens (tertiary/aromatic N) is 4. The first-order valence-electron chi connectivity index (χ1n) is 9.00. The van der Waals surface area contributed by atoms with Crippen molar-refractivity contribution < 1.29 is 19.4 Å². The fourth-order valence-corrected chi connectivity index (χ4v) is 2.59. The molecule has 0 aliphatic heterocycles. The number of benzene rings is 3. The van der Waals surface area contributed by atoms with Crippen molar-refractivity contribution in [3.63, 3.8) is 0 Å². The molecule has 0 saturated carbocycles. The molecule has 0 unspecified atom stereocenters. The number of carbonyl (C=O) groups excluding carboxylic acids is 1. The van der Waals surface area contributed by atoms with Gasteiger partial charge in [0.25, 0.3) is 0 Å². The second kappa shape index (κ2) is 9.42. The highest BCUT2D eigenvalue weighted by Crippen LogP contribution is 2.36. The van der Waals surface area contributed by atoms with Gasteiger partial charge in [-0.2, -0.15) is 10.2 Å². The van der Waals surface area contributed by atoms with Crippen LogP contribution in [-0.2, 0) is 4.74 Å². The smallest absolute Gasteiger partial charge is 0.340 e. The molecule has 8 nitrogen and oxygen atoms in total. The number of hydrogen-bond acceptors (Lipinski definition) is 8. The molecule has 3 aromatic rings. The van der Waals surface area contributed by atoms with Crippen LogP contribution in [-0.4, -0.2) is 25.3 Å². The first-order valence-corrected chi connectivity index (χ1v) is 9.00. The summed E-state index contributed by atoms with van der Waals surface area (Å²) in [5.41, 5.74) is 3.21. The fourth-order valence-electron chi connectivity index (χ4n) is 2.59. The van der Waals surface area contributed by atoms with Crippen LogP contribution in [0.1, 0.15) is 15.9 Å². The Morgan fingerprint density at radius 1 is 0.833 bits per heavy atom. The van der Waals surface area contributed by atoms with Crippen molar-refractivity contribution in [1.29, 1.82) is 0 Å². The summed E-state index contributed by atoms with van der Waals surface area (Å²) in [5.74, 6) is 0.146. The average Bonchev–Trinajstić information content (AvgIpc) is 2.77. The molecule has 0 bridgehead atoms. The minimum atomic E-state index is -0.483. The molecule has 0 saturated heterocycles. The highest BCUT2D eigenvalue weighted by Gasteiger charge is 2.12. The molecule has 3 aromatic carbocycles. The zero-order valence-corrected chi connectivity index (χ0v) is 16.7. The number of rotatable bonds is 6. The summed E-state index contributed by atoms with van der Waals surface area (Å²) >= 11 is 0. The average molecular weight is 404 g/mol. The molecule has 0 aliphatic rings. The molecule has 0 spiro atoms. The van der Waals surface area contributed by atoms with Crippen molar-refractivity contribution in [2.75, 3.05) is 14.2 Å². The van der Waals surface area contributed by atoms with Gasteiger partial charge in [0.2, 0.25) is 0 Å². The van der Waals surface area contributed by atoms with Crippen LogP contribution in [0, 0.1) is 6.92 Å². The summed E-state index contributed by atoms with van der Waals surface area (Å²) in [4.78, 5) is 11.9. The molecule has 0 aromatic heterocycles. The van der Waals surface area contributed by atoms with Crippen molar-refractivity contribution in [2.24, 2.45) is 20.5 Å². The predicted octanol–water partition coefficient (Wildman–Crippen LogP) is 6.33. The molecule has 0 amide bonds. The summed E-state index contributed by atoms with van der Waals surface area (Å²) in [6.07, 6.45) is 0. The Morgan fingerprint density at radius 2 is 1.50 bits per heavy atom. The van der Waals surface area contributed by atoms with Crippen molar-refractivity contribution in [3.05, 3.63) is 71.8 Å². The molecule has 152 valence electrons. The number of phenolic OH excluding ortho intramolecular Hbond substituents is 1. The first kappa shape index (κ1) is 20.7. The van der Waals surface area contributed by atoms with Crippen LogP contribution in [0.15, 0.2) is 81.1 Å². The van der Waals surface area contributed by atoms with Gasteiger partial charge in [0.15, 0.2) is 0 Å². The largest absolute Gasteiger partial charge is 0.508 e. The van der Waals surface area contributed by atoms with Gasteiger partial charge in [-0.15, -0.1) is 10.2 Å². The third-order valence-electron chi connectivity index (χ3n) is 4.20. The van der Waals surface area contributed by atoms with Gasteiger partial charge in [0.05, 0.1) is 31.2 Å². The van der Waals surface area contributed by atoms with Gasteiger partial charge in [-0.3, -0.25) is 0 Å². The lowest BCUT2D eigenvalue weighted by atomic mass is 10.1. The van der Waals surface area contributed by atoms with E-state index in [1.807, 2.05) is 6.92 Å². The van der Waals surface area contributed by atoms with E-state index in [1.54, 1.807) is 48.5 Å². The van der Waals surface area contributed by atoms with E-state index in [-0.39, 0.29) is 5.75 Å². The maximum Gasteiger partial charge on any atom is 0.340 e. The number of methoxy groups -OCH3 is 2. The van der Waals surface area contributed by atoms with Gasteiger partial charge >= 0.3 is 5.97 Å². The Hall–Kier alpha value is -4.07. The second-order valence-corrected chi connectivity index (χ2v) is 6.24. The minimum Gasteiger partial charge on any atom is -0.508 e. The maximum absolute atomic E-state index is 11.9. The third kappa shape index (κ3) is 4.85. The predicted molar refractivity (Wildman–Crippen MR) is 112 cm³/mol. The number of phenols is 1. The van der Waals surface area contributed by atoms with E-state index in [9.17, 15) is 9.90 Å². The SMILES string of the molecule is COC(=O)c1ccccc1N=Nc1cc(OC)c(N=Nc2ccc(O)cc2)cc1C. The lowest BCUT2D eigenvalue weighted by Crippen LogP contribution is -2.00. The summed E-state index contributed by atoms with van der Waals surface area (Å²) < 4.78 is 10.2. The molecule has 8 heteroatoms. The van der Waals surface area contributed by atoms with Crippen molar-refractivity contribution >= 4 is 28.7 Å². The number of aryl methyl sites for hydroxylation is 1. The molecule has 0 heterocycles. The fraction of sp³-hybridized carbons (Fsp3) is 0.136. The maximum atomic E-state index is 11.9. The quantitative estimate of drug-likeness (QED) is 0.383. The topological polar surface area (TPSA) is 105 Å². The summed E-state index contributed by atoms with van der Waals surface area (Å²) in [7, 11) is 2.84. The third-order valence-corrected chi connectivity index (χ3v) is 4.20. The monoisotopic (exact) mass is 404 g/mol. The number of carbonyl (C=O) groups is 1. The lowest BCUT2D eigenvalue weighted by Gasteiger charge is -2.07. The number of azo groups is 2. The zero-order chi connectivity index (χ0) is 21.5. The Morgan fingerprint density at radius 3 is 2.20 bits per heavy atom. The molecule has 0 atom stereocenters. The second-order valence-electron chi connectivity index (χ2n) is 6.24. The molecule has 0 radical (unpaired) electrons. The van der Waals surface area contributed by atoms with Gasteiger partial charge in [-0.25, -0.2) is 4.79 Å². The Labute approximate surface area is 173 Å². The van der Waals surface area contributed by atoms with Crippen molar-refractivity contribution in [1.82, 2.24) is 0 Å². The van der Waals surface area contributed by atoms with Gasteiger partial charge in [-0.05, 0) is 55.0 Å². The van der Waals surface area contributed by atoms with Crippen LogP contribution in [0.4, 0.5) is 22.7 Å². The van der Waals surface area contributed by atoms with E-state index in [2.05, 4.69) is 20.5 Å². The summed E-state index contributed by atoms with van der Waals surface area (Å²) in [6.45, 7) is 1.86. The van der Waals surface area contributed by atoms with E-state index < -0.39 is 5.97 Å². The number of aromatic hydroxyl groups is 1. The first-order chi connectivity index (χ1) is 14.5. The van der Waals surface area contributed by atoms with Crippen LogP contribution in [0.25, 0.3) is 0 Å². The zero-order valence-electron chi connectivity index (χ0n) is 16.7. The lowest BCUT2D eigenvalue weighted by molar-refractivity contribution is 0.0601. The molecule has 3 rings (SSSR count). The van der Waals surface area contributed by atoms with E-state index in [0.29, 0.717) is 34.1 Å². The van der Waals surface area contributed by atoms with Crippen LogP contribution >= 0.6 is 0 Å². The van der Waals surface area contributed by atoms with Gasteiger partial charge in [0, 0.05) is 6.07 Å². The van der Waals surface area contributed by atoms with Crippen LogP contribution < -0.4 is 4.74 Å². The Kier molecular flexibility index (Phi) is 6.49. The van der Waals surface area contributed by atoms with Crippen molar-refractivity contribution in [3.8, 4) is 11.5 Å². The molecule has 30 heavy (non-hydrogen) atoms. The van der Waals surface area contributed by atoms with E-state index >= 15 is 0 Å². The van der Waals surface area contributed by atoms with Gasteiger partial charge in [0.1, 0.15) is 22.9 Å². The summed E-state index contributed by atoms with van der Waals surface area (Å²) in [5, 5.41) is 26.2. The van der Waals surface area contributed by atoms with E-state index in [0.717, 1.165) is 5.56 Å². The normalized spacial score (nSPS) is 11.2. The highest BCUT2D eigenvalue weighted by atomic mass is 16.5. The van der Waals surface area contributed by atoms with Crippen molar-refractivity contribution in [2.45, 2.75) is 6.92 Å². The Balaban J connectivity index is 1.90. The minimum absolute atomic E-state index is 0.158. The Bertz CT molecular complexity index is 1110. The van der Waals surface area contributed by atoms with Gasteiger partial charge in [-0.1, -0.05) is 12.1 Å². The molecule has 0 aliphatic carbocycles. The van der Waals surface area contributed by atoms with E-state index in [4.69, 9.17) is 9.47 Å². The standard InChI is InChI=1S/C22H20N4O4/c1-14-12-20(26-23-15-8-10-16(27)11-9-15)21(29-2)13-19(14)25-24-18-7-5-4-6-17(18)22(28)30-3/h4-13,27H,1-3H3. The van der Waals surface area contributed by atoms with Gasteiger partial charge < -0.3 is 14.6 Å². The molecule has 1 N–H and O–H groups in total. The highest BCUT2D eigenvalue weighted by molar-refractivity contribution is 5.94. The molecular formula is C22H20N4O4. The summed E-state index contributed by atoms with van der Waals surface area (Å²) in [6, 6.07) is 16.7. The number of hydrogen-bond donors (Lipinski definition) is 1. The van der Waals surface area contributed by atoms with Crippen LogP contribution in [0.2, 0.25) is 0 Å². The van der Waals surface area contributed by atoms with E-state index in [1.165, 1.54) is 26.4 Å². The molecule has 0 fully saturated rings. The number of esters is 1.